The molecule has 0 aliphatic heterocycles. The molecule has 2 nitrogen and oxygen atoms in total. The second-order valence-electron chi connectivity index (χ2n) is 3.25. The molecular formula is C11H15NOS. The van der Waals surface area contributed by atoms with Crippen LogP contribution in [-0.4, -0.2) is 36.6 Å². The standard InChI is InChI=1S/C11H15NOS/c1-12(7-8-14)9-11(13)10-5-3-2-4-6-10/h2-6,14H,7-9H2,1H3. The highest BCUT2D eigenvalue weighted by Gasteiger charge is 2.07. The minimum absolute atomic E-state index is 0.162. The Bertz CT molecular complexity index is 287. The van der Waals surface area contributed by atoms with E-state index >= 15 is 0 Å². The van der Waals surface area contributed by atoms with Gasteiger partial charge in [0.15, 0.2) is 5.78 Å². The number of hydrogen-bond donors (Lipinski definition) is 1. The first kappa shape index (κ1) is 11.3. The Morgan fingerprint density at radius 1 is 1.36 bits per heavy atom. The van der Waals surface area contributed by atoms with Gasteiger partial charge in [0.05, 0.1) is 6.54 Å². The molecule has 0 bridgehead atoms. The molecular weight excluding hydrogens is 194 g/mol. The van der Waals surface area contributed by atoms with Crippen LogP contribution in [0.15, 0.2) is 30.3 Å². The maximum atomic E-state index is 11.7. The van der Waals surface area contributed by atoms with Crippen molar-refractivity contribution in [1.29, 1.82) is 0 Å². The van der Waals surface area contributed by atoms with Gasteiger partial charge in [-0.2, -0.15) is 12.6 Å². The third-order valence-corrected chi connectivity index (χ3v) is 2.19. The number of thiol groups is 1. The molecule has 0 amide bonds. The molecule has 0 spiro atoms. The van der Waals surface area contributed by atoms with Gasteiger partial charge in [0, 0.05) is 17.9 Å². The van der Waals surface area contributed by atoms with Crippen molar-refractivity contribution in [2.45, 2.75) is 0 Å². The van der Waals surface area contributed by atoms with Crippen LogP contribution in [0.1, 0.15) is 10.4 Å². The van der Waals surface area contributed by atoms with Gasteiger partial charge in [-0.15, -0.1) is 0 Å². The van der Waals surface area contributed by atoms with E-state index in [0.29, 0.717) is 6.54 Å². The predicted molar refractivity (Wildman–Crippen MR) is 62.1 cm³/mol. The quantitative estimate of drug-likeness (QED) is 0.589. The zero-order valence-electron chi connectivity index (χ0n) is 8.31. The van der Waals surface area contributed by atoms with Crippen LogP contribution >= 0.6 is 12.6 Å². The van der Waals surface area contributed by atoms with Crippen molar-refractivity contribution in [3.63, 3.8) is 0 Å². The van der Waals surface area contributed by atoms with Crippen LogP contribution in [0.2, 0.25) is 0 Å². The molecule has 1 rings (SSSR count). The van der Waals surface area contributed by atoms with Crippen LogP contribution < -0.4 is 0 Å². The van der Waals surface area contributed by atoms with Crippen molar-refractivity contribution >= 4 is 18.4 Å². The lowest BCUT2D eigenvalue weighted by molar-refractivity contribution is 0.0949. The molecule has 76 valence electrons. The summed E-state index contributed by atoms with van der Waals surface area (Å²) in [5.74, 6) is 0.938. The second kappa shape index (κ2) is 5.83. The average Bonchev–Trinajstić information content (AvgIpc) is 2.19. The normalized spacial score (nSPS) is 10.5. The summed E-state index contributed by atoms with van der Waals surface area (Å²) in [6.07, 6.45) is 0. The summed E-state index contributed by atoms with van der Waals surface area (Å²) in [6, 6.07) is 9.36. The van der Waals surface area contributed by atoms with E-state index in [1.54, 1.807) is 0 Å². The Hall–Kier alpha value is -0.800. The summed E-state index contributed by atoms with van der Waals surface area (Å²) in [5.41, 5.74) is 0.776. The van der Waals surface area contributed by atoms with Crippen LogP contribution in [0.25, 0.3) is 0 Å². The van der Waals surface area contributed by atoms with Gasteiger partial charge < -0.3 is 0 Å². The summed E-state index contributed by atoms with van der Waals surface area (Å²) >= 11 is 4.12. The van der Waals surface area contributed by atoms with Crippen molar-refractivity contribution in [2.75, 3.05) is 25.9 Å². The Morgan fingerprint density at radius 3 is 2.57 bits per heavy atom. The minimum atomic E-state index is 0.162. The highest BCUT2D eigenvalue weighted by Crippen LogP contribution is 2.00. The summed E-state index contributed by atoms with van der Waals surface area (Å²) in [7, 11) is 1.93. The maximum Gasteiger partial charge on any atom is 0.176 e. The van der Waals surface area contributed by atoms with Gasteiger partial charge >= 0.3 is 0 Å². The minimum Gasteiger partial charge on any atom is -0.298 e. The number of carbonyl (C=O) groups is 1. The first-order valence-electron chi connectivity index (χ1n) is 4.61. The van der Waals surface area contributed by atoms with Crippen molar-refractivity contribution in [1.82, 2.24) is 4.90 Å². The molecule has 1 aromatic rings. The first-order chi connectivity index (χ1) is 6.74. The van der Waals surface area contributed by atoms with Crippen molar-refractivity contribution in [2.24, 2.45) is 0 Å². The van der Waals surface area contributed by atoms with Crippen LogP contribution in [0, 0.1) is 0 Å². The number of likely N-dealkylation sites (N-methyl/N-ethyl adjacent to an activating group) is 1. The van der Waals surface area contributed by atoms with E-state index in [2.05, 4.69) is 12.6 Å². The molecule has 3 heteroatoms. The van der Waals surface area contributed by atoms with Gasteiger partial charge in [0.1, 0.15) is 0 Å². The Morgan fingerprint density at radius 2 is 2.00 bits per heavy atom. The lowest BCUT2D eigenvalue weighted by atomic mass is 10.1. The number of benzene rings is 1. The van der Waals surface area contributed by atoms with E-state index in [1.165, 1.54) is 0 Å². The van der Waals surface area contributed by atoms with Gasteiger partial charge in [0.25, 0.3) is 0 Å². The predicted octanol–water partition coefficient (Wildman–Crippen LogP) is 1.73. The number of carbonyl (C=O) groups excluding carboxylic acids is 1. The van der Waals surface area contributed by atoms with Crippen molar-refractivity contribution in [3.05, 3.63) is 35.9 Å². The molecule has 0 fully saturated rings. The van der Waals surface area contributed by atoms with Crippen LogP contribution in [0.5, 0.6) is 0 Å². The smallest absolute Gasteiger partial charge is 0.176 e. The largest absolute Gasteiger partial charge is 0.298 e. The van der Waals surface area contributed by atoms with Crippen LogP contribution in [0.4, 0.5) is 0 Å². The van der Waals surface area contributed by atoms with Crippen LogP contribution in [-0.2, 0) is 0 Å². The molecule has 0 radical (unpaired) electrons. The number of Topliss-reactive ketones (excluding diaryl/α,β-unsaturated/α-hetero) is 1. The van der Waals surface area contributed by atoms with Crippen LogP contribution in [0.3, 0.4) is 0 Å². The molecule has 14 heavy (non-hydrogen) atoms. The Balaban J connectivity index is 2.51. The topological polar surface area (TPSA) is 20.3 Å². The van der Waals surface area contributed by atoms with E-state index in [-0.39, 0.29) is 5.78 Å². The van der Waals surface area contributed by atoms with Gasteiger partial charge in [-0.3, -0.25) is 9.69 Å². The summed E-state index contributed by atoms with van der Waals surface area (Å²) < 4.78 is 0. The summed E-state index contributed by atoms with van der Waals surface area (Å²) in [5, 5.41) is 0. The summed E-state index contributed by atoms with van der Waals surface area (Å²) in [4.78, 5) is 13.6. The lowest BCUT2D eigenvalue weighted by Gasteiger charge is -2.13. The molecule has 1 aromatic carbocycles. The van der Waals surface area contributed by atoms with E-state index < -0.39 is 0 Å². The van der Waals surface area contributed by atoms with E-state index in [0.717, 1.165) is 17.9 Å². The monoisotopic (exact) mass is 209 g/mol. The molecule has 0 saturated heterocycles. The maximum absolute atomic E-state index is 11.7. The molecule has 0 saturated carbocycles. The SMILES string of the molecule is CN(CCS)CC(=O)c1ccccc1. The fourth-order valence-corrected chi connectivity index (χ4v) is 1.55. The van der Waals surface area contributed by atoms with Gasteiger partial charge in [0.2, 0.25) is 0 Å². The van der Waals surface area contributed by atoms with E-state index in [1.807, 2.05) is 42.3 Å². The van der Waals surface area contributed by atoms with E-state index in [9.17, 15) is 4.79 Å². The number of hydrogen-bond acceptors (Lipinski definition) is 3. The molecule has 0 N–H and O–H groups in total. The molecule has 0 aliphatic carbocycles. The van der Waals surface area contributed by atoms with Gasteiger partial charge in [-0.1, -0.05) is 30.3 Å². The highest BCUT2D eigenvalue weighted by atomic mass is 32.1. The Labute approximate surface area is 90.3 Å². The molecule has 0 aromatic heterocycles. The van der Waals surface area contributed by atoms with E-state index in [4.69, 9.17) is 0 Å². The zero-order valence-corrected chi connectivity index (χ0v) is 9.21. The number of rotatable bonds is 5. The number of nitrogens with zero attached hydrogens (tertiary/aromatic N) is 1. The molecule has 0 unspecified atom stereocenters. The summed E-state index contributed by atoms with van der Waals surface area (Å²) in [6.45, 7) is 1.30. The fourth-order valence-electron chi connectivity index (χ4n) is 1.21. The lowest BCUT2D eigenvalue weighted by Crippen LogP contribution is -2.27. The zero-order chi connectivity index (χ0) is 10.4. The Kier molecular flexibility index (Phi) is 4.70. The third-order valence-electron chi connectivity index (χ3n) is 1.99. The van der Waals surface area contributed by atoms with Crippen molar-refractivity contribution < 1.29 is 4.79 Å². The molecule has 0 aliphatic rings. The first-order valence-corrected chi connectivity index (χ1v) is 5.25. The molecule has 0 atom stereocenters. The van der Waals surface area contributed by atoms with Gasteiger partial charge in [-0.25, -0.2) is 0 Å². The highest BCUT2D eigenvalue weighted by molar-refractivity contribution is 7.80. The molecule has 0 heterocycles. The second-order valence-corrected chi connectivity index (χ2v) is 3.70. The van der Waals surface area contributed by atoms with Gasteiger partial charge in [-0.05, 0) is 7.05 Å². The number of ketones is 1. The fraction of sp³-hybridized carbons (Fsp3) is 0.364. The average molecular weight is 209 g/mol. The third kappa shape index (κ3) is 3.52. The van der Waals surface area contributed by atoms with Crippen molar-refractivity contribution in [3.8, 4) is 0 Å².